The van der Waals surface area contributed by atoms with Gasteiger partial charge in [0.2, 0.25) is 0 Å². The van der Waals surface area contributed by atoms with Crippen LogP contribution in [-0.2, 0) is 0 Å². The summed E-state index contributed by atoms with van der Waals surface area (Å²) in [6, 6.07) is 6.21. The van der Waals surface area contributed by atoms with Crippen molar-refractivity contribution in [1.29, 1.82) is 0 Å². The molecule has 0 unspecified atom stereocenters. The first-order valence-corrected chi connectivity index (χ1v) is 7.64. The third-order valence-corrected chi connectivity index (χ3v) is 3.77. The summed E-state index contributed by atoms with van der Waals surface area (Å²) in [4.78, 5) is 4.45. The molecule has 1 aromatic carbocycles. The van der Waals surface area contributed by atoms with Gasteiger partial charge in [0.25, 0.3) is 0 Å². The predicted molar refractivity (Wildman–Crippen MR) is 82.1 cm³/mol. The van der Waals surface area contributed by atoms with Crippen LogP contribution in [0.25, 0.3) is 0 Å². The maximum atomic E-state index is 5.60. The fourth-order valence-electron chi connectivity index (χ4n) is 1.99. The van der Waals surface area contributed by atoms with Crippen LogP contribution >= 0.6 is 11.8 Å². The van der Waals surface area contributed by atoms with E-state index in [0.717, 1.165) is 33.7 Å². The number of hydrogen-bond acceptors (Lipinski definition) is 5. The maximum absolute atomic E-state index is 5.60. The minimum absolute atomic E-state index is 0.274. The van der Waals surface area contributed by atoms with Crippen LogP contribution in [0.5, 0.6) is 11.5 Å². The predicted octanol–water partition coefficient (Wildman–Crippen LogP) is 2.26. The van der Waals surface area contributed by atoms with Crippen molar-refractivity contribution >= 4 is 22.6 Å². The lowest BCUT2D eigenvalue weighted by Gasteiger charge is -2.20. The van der Waals surface area contributed by atoms with Gasteiger partial charge >= 0.3 is 0 Å². The van der Waals surface area contributed by atoms with Crippen LogP contribution in [0.4, 0.5) is 0 Å². The summed E-state index contributed by atoms with van der Waals surface area (Å²) in [5.74, 6) is 2.40. The second-order valence-electron chi connectivity index (χ2n) is 4.85. The summed E-state index contributed by atoms with van der Waals surface area (Å²) in [6.07, 6.45) is 0. The number of nitrogens with zero attached hydrogens (tertiary/aromatic N) is 2. The minimum Gasteiger partial charge on any atom is -0.486 e. The number of nitrogens with one attached hydrogen (secondary N) is 1. The summed E-state index contributed by atoms with van der Waals surface area (Å²) in [6.45, 7) is 5.31. The Labute approximate surface area is 122 Å². The Hall–Kier alpha value is -1.69. The van der Waals surface area contributed by atoms with E-state index in [-0.39, 0.29) is 6.04 Å². The number of hydrazone groups is 1. The Kier molecular flexibility index (Phi) is 3.82. The summed E-state index contributed by atoms with van der Waals surface area (Å²) in [7, 11) is 0. The molecule has 1 aromatic rings. The highest BCUT2D eigenvalue weighted by Gasteiger charge is 2.17. The quantitative estimate of drug-likeness (QED) is 0.908. The Morgan fingerprint density at radius 3 is 2.75 bits per heavy atom. The lowest BCUT2D eigenvalue weighted by molar-refractivity contribution is 0.171. The molecule has 0 bridgehead atoms. The van der Waals surface area contributed by atoms with Crippen molar-refractivity contribution in [2.24, 2.45) is 10.1 Å². The number of benzene rings is 1. The topological polar surface area (TPSA) is 55.2 Å². The average Bonchev–Trinajstić information content (AvgIpc) is 2.47. The molecule has 2 aliphatic heterocycles. The van der Waals surface area contributed by atoms with Crippen LogP contribution in [0.15, 0.2) is 28.3 Å². The molecule has 6 heteroatoms. The van der Waals surface area contributed by atoms with Crippen molar-refractivity contribution in [2.45, 2.75) is 19.9 Å². The highest BCUT2D eigenvalue weighted by Crippen LogP contribution is 2.31. The molecule has 106 valence electrons. The third kappa shape index (κ3) is 2.90. The molecule has 0 aliphatic carbocycles. The smallest absolute Gasteiger partial charge is 0.177 e. The van der Waals surface area contributed by atoms with E-state index in [9.17, 15) is 0 Å². The van der Waals surface area contributed by atoms with Gasteiger partial charge in [0, 0.05) is 17.4 Å². The molecule has 0 saturated heterocycles. The SMILES string of the molecule is CC(C)N=C1NN=C(c2ccc3c(c2)OCCO3)CS1. The number of rotatable bonds is 2. The molecular weight excluding hydrogens is 274 g/mol. The zero-order chi connectivity index (χ0) is 13.9. The molecule has 20 heavy (non-hydrogen) atoms. The van der Waals surface area contributed by atoms with E-state index >= 15 is 0 Å². The Bertz CT molecular complexity index is 570. The molecule has 1 N–H and O–H groups in total. The van der Waals surface area contributed by atoms with Gasteiger partial charge < -0.3 is 9.47 Å². The molecular formula is C14H17N3O2S. The van der Waals surface area contributed by atoms with Crippen LogP contribution in [0.1, 0.15) is 19.4 Å². The monoisotopic (exact) mass is 291 g/mol. The summed E-state index contributed by atoms with van der Waals surface area (Å²) in [5, 5.41) is 5.28. The van der Waals surface area contributed by atoms with Gasteiger partial charge in [-0.25, -0.2) is 0 Å². The normalized spacial score (nSPS) is 19.8. The van der Waals surface area contributed by atoms with Crippen molar-refractivity contribution in [3.8, 4) is 11.5 Å². The summed E-state index contributed by atoms with van der Waals surface area (Å²) < 4.78 is 11.1. The second-order valence-corrected chi connectivity index (χ2v) is 5.81. The molecule has 3 rings (SSSR count). The van der Waals surface area contributed by atoms with E-state index in [1.54, 1.807) is 11.8 Å². The fourth-order valence-corrected chi connectivity index (χ4v) is 2.89. The molecule has 2 heterocycles. The van der Waals surface area contributed by atoms with Gasteiger partial charge in [0.05, 0.1) is 5.71 Å². The Balaban J connectivity index is 1.79. The van der Waals surface area contributed by atoms with E-state index in [4.69, 9.17) is 9.47 Å². The number of aliphatic imine (C=N–C) groups is 1. The Morgan fingerprint density at radius 2 is 2.05 bits per heavy atom. The van der Waals surface area contributed by atoms with Crippen LogP contribution in [0, 0.1) is 0 Å². The van der Waals surface area contributed by atoms with Crippen LogP contribution < -0.4 is 14.9 Å². The van der Waals surface area contributed by atoms with Crippen molar-refractivity contribution in [3.05, 3.63) is 23.8 Å². The third-order valence-electron chi connectivity index (χ3n) is 2.88. The van der Waals surface area contributed by atoms with E-state index < -0.39 is 0 Å². The molecule has 0 spiro atoms. The highest BCUT2D eigenvalue weighted by atomic mass is 32.2. The van der Waals surface area contributed by atoms with Gasteiger partial charge in [-0.3, -0.25) is 10.4 Å². The van der Waals surface area contributed by atoms with E-state index in [1.807, 2.05) is 18.2 Å². The lowest BCUT2D eigenvalue weighted by atomic mass is 10.1. The Morgan fingerprint density at radius 1 is 1.25 bits per heavy atom. The number of ether oxygens (including phenoxy) is 2. The fraction of sp³-hybridized carbons (Fsp3) is 0.429. The largest absolute Gasteiger partial charge is 0.486 e. The van der Waals surface area contributed by atoms with Crippen LogP contribution in [0.3, 0.4) is 0 Å². The van der Waals surface area contributed by atoms with Gasteiger partial charge in [-0.05, 0) is 32.0 Å². The van der Waals surface area contributed by atoms with Gasteiger partial charge in [0.1, 0.15) is 13.2 Å². The molecule has 0 fully saturated rings. The molecule has 0 amide bonds. The standard InChI is InChI=1S/C14H17N3O2S/c1-9(2)15-14-17-16-11(8-20-14)10-3-4-12-13(7-10)19-6-5-18-12/h3-4,7,9H,5-6,8H2,1-2H3,(H,15,17). The number of thioether (sulfide) groups is 1. The molecule has 0 aromatic heterocycles. The highest BCUT2D eigenvalue weighted by molar-refractivity contribution is 8.14. The molecule has 0 atom stereocenters. The number of fused-ring (bicyclic) bond motifs is 1. The van der Waals surface area contributed by atoms with Crippen molar-refractivity contribution in [2.75, 3.05) is 19.0 Å². The van der Waals surface area contributed by atoms with E-state index in [2.05, 4.69) is 29.4 Å². The summed E-state index contributed by atoms with van der Waals surface area (Å²) in [5.41, 5.74) is 5.06. The lowest BCUT2D eigenvalue weighted by Crippen LogP contribution is -2.26. The van der Waals surface area contributed by atoms with Gasteiger partial charge in [-0.1, -0.05) is 11.8 Å². The molecule has 0 radical (unpaired) electrons. The number of hydrogen-bond donors (Lipinski definition) is 1. The van der Waals surface area contributed by atoms with Crippen molar-refractivity contribution in [3.63, 3.8) is 0 Å². The van der Waals surface area contributed by atoms with Gasteiger partial charge in [-0.2, -0.15) is 5.10 Å². The minimum atomic E-state index is 0.274. The van der Waals surface area contributed by atoms with Crippen LogP contribution in [0.2, 0.25) is 0 Å². The first-order chi connectivity index (χ1) is 9.72. The average molecular weight is 291 g/mol. The second kappa shape index (κ2) is 5.75. The summed E-state index contributed by atoms with van der Waals surface area (Å²) >= 11 is 1.67. The number of amidine groups is 1. The molecule has 0 saturated carbocycles. The maximum Gasteiger partial charge on any atom is 0.177 e. The molecule has 2 aliphatic rings. The van der Waals surface area contributed by atoms with E-state index in [1.165, 1.54) is 0 Å². The van der Waals surface area contributed by atoms with E-state index in [0.29, 0.717) is 13.2 Å². The van der Waals surface area contributed by atoms with Crippen LogP contribution in [-0.4, -0.2) is 35.9 Å². The molecule has 5 nitrogen and oxygen atoms in total. The van der Waals surface area contributed by atoms with Gasteiger partial charge in [-0.15, -0.1) is 0 Å². The van der Waals surface area contributed by atoms with Gasteiger partial charge in [0.15, 0.2) is 16.7 Å². The first kappa shape index (κ1) is 13.3. The van der Waals surface area contributed by atoms with Crippen molar-refractivity contribution in [1.82, 2.24) is 5.43 Å². The zero-order valence-corrected chi connectivity index (χ0v) is 12.4. The zero-order valence-electron chi connectivity index (χ0n) is 11.5. The van der Waals surface area contributed by atoms with Crippen molar-refractivity contribution < 1.29 is 9.47 Å². The first-order valence-electron chi connectivity index (χ1n) is 6.65.